The van der Waals surface area contributed by atoms with Crippen LogP contribution in [0, 0.1) is 15.9 Å². The molecule has 5 nitrogen and oxygen atoms in total. The van der Waals surface area contributed by atoms with Crippen molar-refractivity contribution in [3.63, 3.8) is 0 Å². The molecule has 0 aliphatic carbocycles. The maximum atomic E-state index is 13.7. The molecule has 1 aromatic rings. The molecule has 0 spiro atoms. The molecule has 0 bridgehead atoms. The average Bonchev–Trinajstić information content (AvgIpc) is 2.30. The first-order valence-electron chi connectivity index (χ1n) is 5.46. The van der Waals surface area contributed by atoms with Crippen LogP contribution in [-0.2, 0) is 0 Å². The van der Waals surface area contributed by atoms with Crippen LogP contribution in [0.5, 0.6) is 0 Å². The minimum atomic E-state index is -0.531. The summed E-state index contributed by atoms with van der Waals surface area (Å²) < 4.78 is 13.7. The van der Waals surface area contributed by atoms with Crippen LogP contribution >= 0.6 is 0 Å². The molecule has 0 atom stereocenters. The van der Waals surface area contributed by atoms with Gasteiger partial charge in [0.1, 0.15) is 0 Å². The second-order valence-electron chi connectivity index (χ2n) is 4.16. The van der Waals surface area contributed by atoms with Crippen LogP contribution in [0.3, 0.4) is 0 Å². The molecule has 0 unspecified atom stereocenters. The molecule has 1 aliphatic rings. The van der Waals surface area contributed by atoms with Crippen LogP contribution in [0.15, 0.2) is 18.2 Å². The number of para-hydroxylation sites is 1. The Morgan fingerprint density at radius 3 is 2.53 bits per heavy atom. The number of nitro benzene ring substituents is 1. The zero-order chi connectivity index (χ0) is 12.4. The second-order valence-corrected chi connectivity index (χ2v) is 4.16. The first-order chi connectivity index (χ1) is 8.09. The van der Waals surface area contributed by atoms with Gasteiger partial charge in [0.15, 0.2) is 11.5 Å². The number of benzene rings is 1. The van der Waals surface area contributed by atoms with Crippen molar-refractivity contribution < 1.29 is 9.31 Å². The highest BCUT2D eigenvalue weighted by molar-refractivity contribution is 5.64. The molecule has 0 amide bonds. The van der Waals surface area contributed by atoms with Gasteiger partial charge in [-0.25, -0.2) is 4.39 Å². The van der Waals surface area contributed by atoms with Gasteiger partial charge in [-0.1, -0.05) is 6.07 Å². The minimum absolute atomic E-state index is 0.116. The van der Waals surface area contributed by atoms with Gasteiger partial charge < -0.3 is 9.80 Å². The standard InChI is InChI=1S/C11H14FN3O2/c1-13-5-7-14(8-6-13)11-9(12)3-2-4-10(11)15(16)17/h2-4H,5-8H2,1H3. The molecule has 6 heteroatoms. The van der Waals surface area contributed by atoms with Crippen molar-refractivity contribution in [1.82, 2.24) is 4.90 Å². The van der Waals surface area contributed by atoms with E-state index in [1.54, 1.807) is 4.90 Å². The number of halogens is 1. The quantitative estimate of drug-likeness (QED) is 0.579. The van der Waals surface area contributed by atoms with Gasteiger partial charge in [0.05, 0.1) is 4.92 Å². The summed E-state index contributed by atoms with van der Waals surface area (Å²) in [7, 11) is 1.98. The van der Waals surface area contributed by atoms with Crippen molar-refractivity contribution >= 4 is 11.4 Å². The van der Waals surface area contributed by atoms with Gasteiger partial charge in [0, 0.05) is 32.2 Å². The summed E-state index contributed by atoms with van der Waals surface area (Å²) in [5.41, 5.74) is -0.0415. The third-order valence-corrected chi connectivity index (χ3v) is 2.98. The van der Waals surface area contributed by atoms with Gasteiger partial charge in [0.2, 0.25) is 0 Å². The van der Waals surface area contributed by atoms with Crippen molar-refractivity contribution in [3.8, 4) is 0 Å². The number of likely N-dealkylation sites (N-methyl/N-ethyl adjacent to an activating group) is 1. The van der Waals surface area contributed by atoms with Crippen molar-refractivity contribution in [2.24, 2.45) is 0 Å². The van der Waals surface area contributed by atoms with Gasteiger partial charge in [-0.05, 0) is 13.1 Å². The maximum Gasteiger partial charge on any atom is 0.295 e. The first-order valence-corrected chi connectivity index (χ1v) is 5.46. The van der Waals surface area contributed by atoms with E-state index in [9.17, 15) is 14.5 Å². The summed E-state index contributed by atoms with van der Waals surface area (Å²) in [4.78, 5) is 14.2. The van der Waals surface area contributed by atoms with E-state index in [0.717, 1.165) is 13.1 Å². The Kier molecular flexibility index (Phi) is 3.23. The highest BCUT2D eigenvalue weighted by Gasteiger charge is 2.25. The van der Waals surface area contributed by atoms with E-state index in [1.165, 1.54) is 18.2 Å². The van der Waals surface area contributed by atoms with Gasteiger partial charge in [-0.15, -0.1) is 0 Å². The van der Waals surface area contributed by atoms with Gasteiger partial charge in [-0.3, -0.25) is 10.1 Å². The van der Waals surface area contributed by atoms with Crippen LogP contribution in [0.25, 0.3) is 0 Å². The van der Waals surface area contributed by atoms with Crippen molar-refractivity contribution in [2.45, 2.75) is 0 Å². The molecule has 1 aromatic carbocycles. The highest BCUT2D eigenvalue weighted by atomic mass is 19.1. The molecule has 0 radical (unpaired) electrons. The fourth-order valence-electron chi connectivity index (χ4n) is 1.99. The van der Waals surface area contributed by atoms with Crippen LogP contribution in [0.2, 0.25) is 0 Å². The Bertz CT molecular complexity index is 431. The molecule has 0 saturated carbocycles. The zero-order valence-corrected chi connectivity index (χ0v) is 9.60. The Balaban J connectivity index is 2.33. The predicted molar refractivity (Wildman–Crippen MR) is 62.8 cm³/mol. The Morgan fingerprint density at radius 2 is 1.94 bits per heavy atom. The fourth-order valence-corrected chi connectivity index (χ4v) is 1.99. The number of rotatable bonds is 2. The third kappa shape index (κ3) is 2.36. The molecular formula is C11H14FN3O2. The first kappa shape index (κ1) is 11.8. The number of nitrogens with zero attached hydrogens (tertiary/aromatic N) is 3. The molecule has 2 rings (SSSR count). The zero-order valence-electron chi connectivity index (χ0n) is 9.60. The van der Waals surface area contributed by atoms with Crippen LogP contribution in [0.1, 0.15) is 0 Å². The predicted octanol–water partition coefficient (Wildman–Crippen LogP) is 1.49. The second kappa shape index (κ2) is 4.67. The third-order valence-electron chi connectivity index (χ3n) is 2.98. The van der Waals surface area contributed by atoms with Gasteiger partial charge in [-0.2, -0.15) is 0 Å². The lowest BCUT2D eigenvalue weighted by Gasteiger charge is -2.33. The molecule has 1 saturated heterocycles. The lowest BCUT2D eigenvalue weighted by molar-refractivity contribution is -0.384. The van der Waals surface area contributed by atoms with E-state index in [0.29, 0.717) is 13.1 Å². The summed E-state index contributed by atoms with van der Waals surface area (Å²) in [5, 5.41) is 10.9. The van der Waals surface area contributed by atoms with Crippen LogP contribution in [0.4, 0.5) is 15.8 Å². The molecule has 92 valence electrons. The van der Waals surface area contributed by atoms with Crippen molar-refractivity contribution in [3.05, 3.63) is 34.1 Å². The number of nitro groups is 1. The highest BCUT2D eigenvalue weighted by Crippen LogP contribution is 2.31. The summed E-state index contributed by atoms with van der Waals surface area (Å²) in [6.07, 6.45) is 0. The summed E-state index contributed by atoms with van der Waals surface area (Å²) in [5.74, 6) is -0.524. The summed E-state index contributed by atoms with van der Waals surface area (Å²) in [6, 6.07) is 3.98. The molecule has 1 aliphatic heterocycles. The lowest BCUT2D eigenvalue weighted by Crippen LogP contribution is -2.45. The number of hydrogen-bond acceptors (Lipinski definition) is 4. The maximum absolute atomic E-state index is 13.7. The van der Waals surface area contributed by atoms with E-state index in [2.05, 4.69) is 4.90 Å². The summed E-state index contributed by atoms with van der Waals surface area (Å²) in [6.45, 7) is 2.79. The largest absolute Gasteiger partial charge is 0.361 e. The van der Waals surface area contributed by atoms with Crippen LogP contribution < -0.4 is 4.90 Å². The van der Waals surface area contributed by atoms with E-state index >= 15 is 0 Å². The van der Waals surface area contributed by atoms with Gasteiger partial charge >= 0.3 is 0 Å². The topological polar surface area (TPSA) is 49.6 Å². The number of piperazine rings is 1. The Morgan fingerprint density at radius 1 is 1.29 bits per heavy atom. The van der Waals surface area contributed by atoms with E-state index in [1.807, 2.05) is 7.05 Å². The Hall–Kier alpha value is -1.69. The minimum Gasteiger partial charge on any atom is -0.361 e. The van der Waals surface area contributed by atoms with Gasteiger partial charge in [0.25, 0.3) is 5.69 Å². The molecular weight excluding hydrogens is 225 g/mol. The molecule has 1 fully saturated rings. The van der Waals surface area contributed by atoms with E-state index in [4.69, 9.17) is 0 Å². The normalized spacial score (nSPS) is 17.2. The fraction of sp³-hybridized carbons (Fsp3) is 0.455. The Labute approximate surface area is 98.6 Å². The molecule has 0 aromatic heterocycles. The van der Waals surface area contributed by atoms with Crippen molar-refractivity contribution in [2.75, 3.05) is 38.1 Å². The monoisotopic (exact) mass is 239 g/mol. The average molecular weight is 239 g/mol. The molecule has 0 N–H and O–H groups in total. The SMILES string of the molecule is CN1CCN(c2c(F)cccc2[N+](=O)[O-])CC1. The van der Waals surface area contributed by atoms with E-state index < -0.39 is 10.7 Å². The molecule has 1 heterocycles. The smallest absolute Gasteiger partial charge is 0.295 e. The number of hydrogen-bond donors (Lipinski definition) is 0. The molecule has 17 heavy (non-hydrogen) atoms. The number of anilines is 1. The van der Waals surface area contributed by atoms with Crippen LogP contribution in [-0.4, -0.2) is 43.0 Å². The summed E-state index contributed by atoms with van der Waals surface area (Å²) >= 11 is 0. The van der Waals surface area contributed by atoms with Crippen molar-refractivity contribution in [1.29, 1.82) is 0 Å². The van der Waals surface area contributed by atoms with E-state index in [-0.39, 0.29) is 11.4 Å². The lowest BCUT2D eigenvalue weighted by atomic mass is 10.2.